The maximum absolute atomic E-state index is 12.4. The molecule has 0 saturated carbocycles. The van der Waals surface area contributed by atoms with Crippen molar-refractivity contribution in [3.05, 3.63) is 57.4 Å². The molecule has 0 unspecified atom stereocenters. The van der Waals surface area contributed by atoms with Gasteiger partial charge in [0.05, 0.1) is 6.10 Å². The van der Waals surface area contributed by atoms with Crippen LogP contribution in [-0.4, -0.2) is 28.4 Å². The maximum atomic E-state index is 12.4. The van der Waals surface area contributed by atoms with E-state index in [0.29, 0.717) is 16.7 Å². The summed E-state index contributed by atoms with van der Waals surface area (Å²) in [6.45, 7) is 4.91. The molecule has 1 aromatic heterocycles. The van der Waals surface area contributed by atoms with Gasteiger partial charge in [-0.05, 0) is 69.2 Å². The molecule has 1 aromatic carbocycles. The number of Topliss-reactive ketones (excluding diaryl/α,β-unsaturated/α-hetero) is 1. The normalized spacial score (nSPS) is 14.6. The number of aryl methyl sites for hydroxylation is 3. The standard InChI is InChI=1S/C21H25NO4/c1-12-19(14(3)23)13(2)22-20(12)21(25)26-11-18(24)17-9-8-15-6-4-5-7-16(15)10-17/h8-10,14,22-23H,4-7,11H2,1-3H3/t14-/m0/s1. The number of ketones is 1. The predicted octanol–water partition coefficient (Wildman–Crippen LogP) is 3.60. The Bertz CT molecular complexity index is 848. The number of carbonyl (C=O) groups excluding carboxylic acids is 2. The molecule has 0 spiro atoms. The number of hydrogen-bond donors (Lipinski definition) is 2. The average Bonchev–Trinajstić information content (AvgIpc) is 2.93. The number of aromatic amines is 1. The lowest BCUT2D eigenvalue weighted by Gasteiger charge is -2.16. The first-order valence-electron chi connectivity index (χ1n) is 9.07. The van der Waals surface area contributed by atoms with Gasteiger partial charge in [0.15, 0.2) is 12.4 Å². The Morgan fingerprint density at radius 2 is 1.88 bits per heavy atom. The number of ether oxygens (including phenoxy) is 1. The van der Waals surface area contributed by atoms with Gasteiger partial charge in [-0.3, -0.25) is 4.79 Å². The van der Waals surface area contributed by atoms with Crippen LogP contribution in [0.25, 0.3) is 0 Å². The van der Waals surface area contributed by atoms with Crippen molar-refractivity contribution in [2.75, 3.05) is 6.61 Å². The minimum atomic E-state index is -0.676. The molecule has 0 bridgehead atoms. The number of carbonyl (C=O) groups is 2. The molecule has 0 saturated heterocycles. The Hall–Kier alpha value is -2.40. The smallest absolute Gasteiger partial charge is 0.355 e. The topological polar surface area (TPSA) is 79.4 Å². The van der Waals surface area contributed by atoms with Gasteiger partial charge in [0.25, 0.3) is 0 Å². The summed E-state index contributed by atoms with van der Waals surface area (Å²) in [5.74, 6) is -0.785. The van der Waals surface area contributed by atoms with Crippen LogP contribution in [0.15, 0.2) is 18.2 Å². The largest absolute Gasteiger partial charge is 0.453 e. The summed E-state index contributed by atoms with van der Waals surface area (Å²) in [5.41, 5.74) is 5.49. The molecular weight excluding hydrogens is 330 g/mol. The summed E-state index contributed by atoms with van der Waals surface area (Å²) in [6, 6.07) is 5.76. The molecule has 138 valence electrons. The third-order valence-electron chi connectivity index (χ3n) is 5.12. The molecule has 1 heterocycles. The zero-order valence-electron chi connectivity index (χ0n) is 15.5. The first-order valence-corrected chi connectivity index (χ1v) is 9.07. The number of rotatable bonds is 5. The molecule has 3 rings (SSSR count). The highest BCUT2D eigenvalue weighted by atomic mass is 16.5. The maximum Gasteiger partial charge on any atom is 0.355 e. The van der Waals surface area contributed by atoms with Crippen LogP contribution in [0.1, 0.15) is 74.7 Å². The molecule has 26 heavy (non-hydrogen) atoms. The second kappa shape index (κ2) is 7.46. The van der Waals surface area contributed by atoms with Crippen molar-refractivity contribution in [3.8, 4) is 0 Å². The lowest BCUT2D eigenvalue weighted by molar-refractivity contribution is 0.0468. The number of aromatic nitrogens is 1. The quantitative estimate of drug-likeness (QED) is 0.634. The van der Waals surface area contributed by atoms with Crippen molar-refractivity contribution >= 4 is 11.8 Å². The molecule has 1 atom stereocenters. The molecule has 0 aliphatic heterocycles. The summed E-state index contributed by atoms with van der Waals surface area (Å²) < 4.78 is 5.22. The fourth-order valence-electron chi connectivity index (χ4n) is 3.79. The summed E-state index contributed by atoms with van der Waals surface area (Å²) in [5, 5.41) is 9.82. The van der Waals surface area contributed by atoms with E-state index in [0.717, 1.165) is 25.0 Å². The number of H-pyrrole nitrogens is 1. The van der Waals surface area contributed by atoms with Crippen molar-refractivity contribution in [3.63, 3.8) is 0 Å². The number of fused-ring (bicyclic) bond motifs is 1. The number of esters is 1. The Balaban J connectivity index is 1.68. The van der Waals surface area contributed by atoms with Gasteiger partial charge < -0.3 is 14.8 Å². The fraction of sp³-hybridized carbons (Fsp3) is 0.429. The van der Waals surface area contributed by atoms with E-state index >= 15 is 0 Å². The van der Waals surface area contributed by atoms with Gasteiger partial charge in [-0.15, -0.1) is 0 Å². The molecule has 5 nitrogen and oxygen atoms in total. The van der Waals surface area contributed by atoms with Gasteiger partial charge in [0.2, 0.25) is 0 Å². The van der Waals surface area contributed by atoms with Crippen molar-refractivity contribution in [1.82, 2.24) is 4.98 Å². The zero-order chi connectivity index (χ0) is 18.8. The van der Waals surface area contributed by atoms with Crippen LogP contribution in [0.5, 0.6) is 0 Å². The molecule has 1 aliphatic carbocycles. The number of nitrogens with one attached hydrogen (secondary N) is 1. The second-order valence-electron chi connectivity index (χ2n) is 7.03. The van der Waals surface area contributed by atoms with Crippen molar-refractivity contribution in [1.29, 1.82) is 0 Å². The number of benzene rings is 1. The molecule has 0 radical (unpaired) electrons. The van der Waals surface area contributed by atoms with E-state index in [-0.39, 0.29) is 18.1 Å². The number of aliphatic hydroxyl groups is 1. The predicted molar refractivity (Wildman–Crippen MR) is 98.6 cm³/mol. The van der Waals surface area contributed by atoms with Gasteiger partial charge in [-0.25, -0.2) is 4.79 Å². The van der Waals surface area contributed by atoms with E-state index in [1.807, 2.05) is 18.2 Å². The number of hydrogen-bond acceptors (Lipinski definition) is 4. The lowest BCUT2D eigenvalue weighted by Crippen LogP contribution is -2.16. The third-order valence-corrected chi connectivity index (χ3v) is 5.12. The minimum Gasteiger partial charge on any atom is -0.453 e. The van der Waals surface area contributed by atoms with E-state index in [4.69, 9.17) is 4.74 Å². The van der Waals surface area contributed by atoms with E-state index in [9.17, 15) is 14.7 Å². The highest BCUT2D eigenvalue weighted by molar-refractivity contribution is 5.99. The van der Waals surface area contributed by atoms with Crippen molar-refractivity contribution < 1.29 is 19.4 Å². The van der Waals surface area contributed by atoms with Crippen LogP contribution < -0.4 is 0 Å². The fourth-order valence-corrected chi connectivity index (χ4v) is 3.79. The Morgan fingerprint density at radius 3 is 2.54 bits per heavy atom. The van der Waals surface area contributed by atoms with Crippen LogP contribution >= 0.6 is 0 Å². The van der Waals surface area contributed by atoms with Crippen LogP contribution in [0.2, 0.25) is 0 Å². The van der Waals surface area contributed by atoms with E-state index in [2.05, 4.69) is 4.98 Å². The first kappa shape index (κ1) is 18.4. The summed E-state index contributed by atoms with van der Waals surface area (Å²) in [6.07, 6.45) is 3.73. The SMILES string of the molecule is Cc1[nH]c(C(=O)OCC(=O)c2ccc3c(c2)CCCC3)c(C)c1[C@H](C)O. The Kier molecular flexibility index (Phi) is 5.28. The molecule has 0 fully saturated rings. The molecule has 0 amide bonds. The average molecular weight is 355 g/mol. The van der Waals surface area contributed by atoms with Crippen molar-refractivity contribution in [2.24, 2.45) is 0 Å². The summed E-state index contributed by atoms with van der Waals surface area (Å²) >= 11 is 0. The number of aliphatic hydroxyl groups excluding tert-OH is 1. The zero-order valence-corrected chi connectivity index (χ0v) is 15.5. The van der Waals surface area contributed by atoms with Gasteiger partial charge in [0.1, 0.15) is 5.69 Å². The van der Waals surface area contributed by atoms with Gasteiger partial charge in [-0.2, -0.15) is 0 Å². The third kappa shape index (κ3) is 3.58. The van der Waals surface area contributed by atoms with Crippen LogP contribution in [0.3, 0.4) is 0 Å². The summed E-state index contributed by atoms with van der Waals surface area (Å²) in [4.78, 5) is 27.7. The molecule has 5 heteroatoms. The highest BCUT2D eigenvalue weighted by Crippen LogP contribution is 2.25. The van der Waals surface area contributed by atoms with Gasteiger partial charge in [0, 0.05) is 16.8 Å². The molecular formula is C21H25NO4. The molecule has 1 aliphatic rings. The Labute approximate surface area is 153 Å². The van der Waals surface area contributed by atoms with Crippen molar-refractivity contribution in [2.45, 2.75) is 52.6 Å². The minimum absolute atomic E-state index is 0.205. The summed E-state index contributed by atoms with van der Waals surface area (Å²) in [7, 11) is 0. The lowest BCUT2D eigenvalue weighted by atomic mass is 9.90. The van der Waals surface area contributed by atoms with Crippen LogP contribution in [0.4, 0.5) is 0 Å². The first-order chi connectivity index (χ1) is 12.4. The molecule has 2 aromatic rings. The molecule has 2 N–H and O–H groups in total. The Morgan fingerprint density at radius 1 is 1.19 bits per heavy atom. The van der Waals surface area contributed by atoms with E-state index in [1.165, 1.54) is 17.5 Å². The second-order valence-corrected chi connectivity index (χ2v) is 7.03. The van der Waals surface area contributed by atoms with E-state index in [1.54, 1.807) is 20.8 Å². The monoisotopic (exact) mass is 355 g/mol. The van der Waals surface area contributed by atoms with Crippen LogP contribution in [0, 0.1) is 13.8 Å². The van der Waals surface area contributed by atoms with Gasteiger partial charge in [-0.1, -0.05) is 12.1 Å². The van der Waals surface area contributed by atoms with E-state index < -0.39 is 12.1 Å². The van der Waals surface area contributed by atoms with Gasteiger partial charge >= 0.3 is 5.97 Å². The van der Waals surface area contributed by atoms with Crippen LogP contribution in [-0.2, 0) is 17.6 Å². The highest BCUT2D eigenvalue weighted by Gasteiger charge is 2.22.